The van der Waals surface area contributed by atoms with Crippen LogP contribution in [-0.2, 0) is 4.74 Å². The molecule has 31 heavy (non-hydrogen) atoms. The molecule has 9 heteroatoms. The number of H-pyrrole nitrogens is 1. The average Bonchev–Trinajstić information content (AvgIpc) is 3.39. The summed E-state index contributed by atoms with van der Waals surface area (Å²) >= 11 is 6.39. The van der Waals surface area contributed by atoms with Gasteiger partial charge in [-0.2, -0.15) is 0 Å². The summed E-state index contributed by atoms with van der Waals surface area (Å²) in [7, 11) is 3.26. The number of hydrogen-bond acceptors (Lipinski definition) is 7. The van der Waals surface area contributed by atoms with E-state index < -0.39 is 0 Å². The molecule has 0 amide bonds. The highest BCUT2D eigenvalue weighted by molar-refractivity contribution is 6.35. The zero-order valence-corrected chi connectivity index (χ0v) is 18.5. The van der Waals surface area contributed by atoms with Crippen LogP contribution in [0.3, 0.4) is 0 Å². The highest BCUT2D eigenvalue weighted by Crippen LogP contribution is 2.43. The number of ether oxygens (including phenoxy) is 3. The van der Waals surface area contributed by atoms with Gasteiger partial charge in [-0.25, -0.2) is 9.97 Å². The Kier molecular flexibility index (Phi) is 5.60. The van der Waals surface area contributed by atoms with Crippen LogP contribution >= 0.6 is 11.6 Å². The van der Waals surface area contributed by atoms with Crippen molar-refractivity contribution in [3.63, 3.8) is 0 Å². The lowest BCUT2D eigenvalue weighted by Gasteiger charge is -2.29. The fourth-order valence-electron chi connectivity index (χ4n) is 4.44. The van der Waals surface area contributed by atoms with Crippen LogP contribution in [0.15, 0.2) is 24.4 Å². The standard InChI is InChI=1S/C22H26ClN5O3/c1-29-19-12-18-20(26-22(19)30-2)15(13-28(18)6-5-27-7-9-31-10-8-27)17-11-14-16(23)3-4-24-21(14)25-17/h3-4,11-12,15H,5-10,13H2,1-2H3,(H,24,25). The molecule has 1 unspecified atom stereocenters. The Morgan fingerprint density at radius 2 is 2.03 bits per heavy atom. The molecule has 3 aromatic rings. The third kappa shape index (κ3) is 3.79. The molecule has 0 spiro atoms. The van der Waals surface area contributed by atoms with Gasteiger partial charge in [-0.3, -0.25) is 4.90 Å². The van der Waals surface area contributed by atoms with Crippen molar-refractivity contribution in [2.24, 2.45) is 0 Å². The quantitative estimate of drug-likeness (QED) is 0.627. The first-order valence-corrected chi connectivity index (χ1v) is 10.9. The second-order valence-corrected chi connectivity index (χ2v) is 8.24. The lowest BCUT2D eigenvalue weighted by Crippen LogP contribution is -2.41. The highest BCUT2D eigenvalue weighted by atomic mass is 35.5. The molecule has 1 fully saturated rings. The molecule has 0 radical (unpaired) electrons. The van der Waals surface area contributed by atoms with E-state index in [1.807, 2.05) is 12.1 Å². The van der Waals surface area contributed by atoms with E-state index in [1.165, 1.54) is 0 Å². The van der Waals surface area contributed by atoms with Crippen molar-refractivity contribution in [1.29, 1.82) is 0 Å². The molecular formula is C22H26ClN5O3. The van der Waals surface area contributed by atoms with Crippen molar-refractivity contribution in [2.75, 3.05) is 65.1 Å². The van der Waals surface area contributed by atoms with Crippen molar-refractivity contribution < 1.29 is 14.2 Å². The predicted molar refractivity (Wildman–Crippen MR) is 120 cm³/mol. The molecule has 0 saturated carbocycles. The van der Waals surface area contributed by atoms with Crippen LogP contribution < -0.4 is 14.4 Å². The molecule has 0 aromatic carbocycles. The number of hydrogen-bond donors (Lipinski definition) is 1. The van der Waals surface area contributed by atoms with E-state index in [0.29, 0.717) is 16.7 Å². The smallest absolute Gasteiger partial charge is 0.257 e. The van der Waals surface area contributed by atoms with Crippen molar-refractivity contribution in [3.8, 4) is 11.6 Å². The molecule has 164 valence electrons. The average molecular weight is 444 g/mol. The number of anilines is 1. The Morgan fingerprint density at radius 1 is 1.19 bits per heavy atom. The Hall–Kier alpha value is -2.55. The number of morpholine rings is 1. The predicted octanol–water partition coefficient (Wildman–Crippen LogP) is 2.91. The monoisotopic (exact) mass is 443 g/mol. The molecule has 8 nitrogen and oxygen atoms in total. The van der Waals surface area contributed by atoms with Crippen LogP contribution in [0, 0.1) is 0 Å². The van der Waals surface area contributed by atoms with Crippen molar-refractivity contribution in [1.82, 2.24) is 19.9 Å². The maximum atomic E-state index is 6.39. The lowest BCUT2D eigenvalue weighted by atomic mass is 10.0. The van der Waals surface area contributed by atoms with Gasteiger partial charge in [-0.15, -0.1) is 0 Å². The molecule has 0 bridgehead atoms. The Labute approximate surface area is 186 Å². The number of aromatic nitrogens is 3. The molecule has 2 aliphatic rings. The lowest BCUT2D eigenvalue weighted by molar-refractivity contribution is 0.0392. The number of pyridine rings is 2. The van der Waals surface area contributed by atoms with E-state index in [1.54, 1.807) is 20.4 Å². The highest BCUT2D eigenvalue weighted by Gasteiger charge is 2.34. The Bertz CT molecular complexity index is 1080. The van der Waals surface area contributed by atoms with E-state index in [2.05, 4.69) is 25.8 Å². The van der Waals surface area contributed by atoms with Gasteiger partial charge in [0.1, 0.15) is 5.65 Å². The molecule has 5 rings (SSSR count). The fourth-order valence-corrected chi connectivity index (χ4v) is 4.64. The molecule has 0 aliphatic carbocycles. The summed E-state index contributed by atoms with van der Waals surface area (Å²) in [6.07, 6.45) is 1.72. The summed E-state index contributed by atoms with van der Waals surface area (Å²) in [5.41, 5.74) is 3.89. The molecule has 2 aliphatic heterocycles. The SMILES string of the molecule is COc1cc2c(nc1OC)C(c1cc3c(Cl)ccnc3[nH]1)CN2CCN1CCOCC1. The van der Waals surface area contributed by atoms with Crippen LogP contribution in [-0.4, -0.2) is 80.0 Å². The van der Waals surface area contributed by atoms with Gasteiger partial charge < -0.3 is 24.1 Å². The normalized spacial score (nSPS) is 19.1. The molecule has 5 heterocycles. The van der Waals surface area contributed by atoms with E-state index in [9.17, 15) is 0 Å². The molecule has 1 saturated heterocycles. The van der Waals surface area contributed by atoms with E-state index in [-0.39, 0.29) is 5.92 Å². The zero-order valence-electron chi connectivity index (χ0n) is 17.7. The third-order valence-electron chi connectivity index (χ3n) is 6.11. The number of methoxy groups -OCH3 is 2. The second kappa shape index (κ2) is 8.53. The summed E-state index contributed by atoms with van der Waals surface area (Å²) in [5.74, 6) is 1.19. The largest absolute Gasteiger partial charge is 0.491 e. The number of halogens is 1. The Morgan fingerprint density at radius 3 is 2.77 bits per heavy atom. The van der Waals surface area contributed by atoms with Crippen LogP contribution in [0.2, 0.25) is 5.02 Å². The minimum atomic E-state index is 0.0600. The number of nitrogens with one attached hydrogen (secondary N) is 1. The summed E-state index contributed by atoms with van der Waals surface area (Å²) < 4.78 is 16.5. The van der Waals surface area contributed by atoms with E-state index >= 15 is 0 Å². The van der Waals surface area contributed by atoms with Gasteiger partial charge >= 0.3 is 0 Å². The van der Waals surface area contributed by atoms with Crippen molar-refractivity contribution >= 4 is 28.3 Å². The maximum absolute atomic E-state index is 6.39. The number of nitrogens with zero attached hydrogens (tertiary/aromatic N) is 4. The number of fused-ring (bicyclic) bond motifs is 2. The Balaban J connectivity index is 1.49. The third-order valence-corrected chi connectivity index (χ3v) is 6.44. The number of aromatic amines is 1. The summed E-state index contributed by atoms with van der Waals surface area (Å²) in [4.78, 5) is 17.5. The summed E-state index contributed by atoms with van der Waals surface area (Å²) in [5, 5.41) is 1.61. The minimum absolute atomic E-state index is 0.0600. The van der Waals surface area contributed by atoms with Gasteiger partial charge in [-0.1, -0.05) is 11.6 Å². The number of rotatable bonds is 6. The second-order valence-electron chi connectivity index (χ2n) is 7.84. The van der Waals surface area contributed by atoms with Crippen LogP contribution in [0.4, 0.5) is 5.69 Å². The van der Waals surface area contributed by atoms with Gasteiger partial charge in [0.05, 0.1) is 49.8 Å². The van der Waals surface area contributed by atoms with Crippen LogP contribution in [0.1, 0.15) is 17.3 Å². The van der Waals surface area contributed by atoms with Gasteiger partial charge in [0.2, 0.25) is 0 Å². The van der Waals surface area contributed by atoms with E-state index in [4.69, 9.17) is 30.8 Å². The van der Waals surface area contributed by atoms with Crippen LogP contribution in [0.5, 0.6) is 11.6 Å². The molecular weight excluding hydrogens is 418 g/mol. The van der Waals surface area contributed by atoms with Gasteiger partial charge in [0.15, 0.2) is 5.75 Å². The summed E-state index contributed by atoms with van der Waals surface area (Å²) in [6, 6.07) is 5.93. The fraction of sp³-hybridized carbons (Fsp3) is 0.455. The zero-order chi connectivity index (χ0) is 21.4. The molecule has 1 atom stereocenters. The van der Waals surface area contributed by atoms with E-state index in [0.717, 1.165) is 74.0 Å². The van der Waals surface area contributed by atoms with Crippen molar-refractivity contribution in [2.45, 2.75) is 5.92 Å². The van der Waals surface area contributed by atoms with Crippen LogP contribution in [0.25, 0.3) is 11.0 Å². The van der Waals surface area contributed by atoms with Gasteiger partial charge in [0.25, 0.3) is 5.88 Å². The van der Waals surface area contributed by atoms with Gasteiger partial charge in [-0.05, 0) is 12.1 Å². The minimum Gasteiger partial charge on any atom is -0.491 e. The topological polar surface area (TPSA) is 75.7 Å². The first kappa shape index (κ1) is 20.4. The van der Waals surface area contributed by atoms with Gasteiger partial charge in [0, 0.05) is 56.1 Å². The first-order chi connectivity index (χ1) is 15.2. The summed E-state index contributed by atoms with van der Waals surface area (Å²) in [6.45, 7) is 6.24. The maximum Gasteiger partial charge on any atom is 0.257 e. The first-order valence-electron chi connectivity index (χ1n) is 10.5. The van der Waals surface area contributed by atoms with Crippen molar-refractivity contribution in [3.05, 3.63) is 40.8 Å². The molecule has 3 aromatic heterocycles. The molecule has 1 N–H and O–H groups in total.